The number of carbonyl (C=O) groups is 1. The van der Waals surface area contributed by atoms with E-state index >= 15 is 0 Å². The summed E-state index contributed by atoms with van der Waals surface area (Å²) in [4.78, 5) is 15.7. The van der Waals surface area contributed by atoms with Crippen LogP contribution in [0.5, 0.6) is 0 Å². The molecule has 0 saturated carbocycles. The molecule has 5 heteroatoms. The molecular formula is C15H22N2O3. The van der Waals surface area contributed by atoms with Crippen LogP contribution in [0.2, 0.25) is 0 Å². The van der Waals surface area contributed by atoms with Crippen molar-refractivity contribution in [1.82, 2.24) is 4.98 Å². The summed E-state index contributed by atoms with van der Waals surface area (Å²) in [7, 11) is 0. The van der Waals surface area contributed by atoms with Crippen LogP contribution in [0.1, 0.15) is 47.8 Å². The fourth-order valence-corrected chi connectivity index (χ4v) is 2.36. The van der Waals surface area contributed by atoms with Crippen molar-refractivity contribution < 1.29 is 14.6 Å². The van der Waals surface area contributed by atoms with Crippen LogP contribution in [-0.2, 0) is 17.6 Å². The van der Waals surface area contributed by atoms with Crippen LogP contribution in [0.25, 0.3) is 0 Å². The highest BCUT2D eigenvalue weighted by Crippen LogP contribution is 2.25. The first kappa shape index (κ1) is 14.8. The van der Waals surface area contributed by atoms with Crippen molar-refractivity contribution in [3.8, 4) is 0 Å². The normalized spacial score (nSPS) is 13.2. The third-order valence-corrected chi connectivity index (χ3v) is 3.46. The summed E-state index contributed by atoms with van der Waals surface area (Å²) in [5, 5.41) is 12.3. The SMILES string of the molecule is CCCCOCCNc1nc2c(cc1C(=O)O)CCC2. The number of aromatic carboxylic acids is 1. The van der Waals surface area contributed by atoms with E-state index in [2.05, 4.69) is 17.2 Å². The summed E-state index contributed by atoms with van der Waals surface area (Å²) >= 11 is 0. The number of aryl methyl sites for hydroxylation is 2. The van der Waals surface area contributed by atoms with Gasteiger partial charge in [-0.1, -0.05) is 13.3 Å². The Morgan fingerprint density at radius 2 is 2.30 bits per heavy atom. The highest BCUT2D eigenvalue weighted by molar-refractivity contribution is 5.93. The summed E-state index contributed by atoms with van der Waals surface area (Å²) in [5.41, 5.74) is 2.37. The van der Waals surface area contributed by atoms with Gasteiger partial charge in [0.05, 0.1) is 6.61 Å². The van der Waals surface area contributed by atoms with Gasteiger partial charge in [0, 0.05) is 18.8 Å². The van der Waals surface area contributed by atoms with Crippen LogP contribution in [-0.4, -0.2) is 35.8 Å². The molecule has 0 aromatic carbocycles. The predicted octanol–water partition coefficient (Wildman–Crippen LogP) is 2.50. The van der Waals surface area contributed by atoms with Gasteiger partial charge >= 0.3 is 5.97 Å². The molecule has 1 aliphatic carbocycles. The largest absolute Gasteiger partial charge is 0.478 e. The molecule has 0 saturated heterocycles. The highest BCUT2D eigenvalue weighted by atomic mass is 16.5. The maximum atomic E-state index is 11.3. The Bertz CT molecular complexity index is 474. The molecule has 2 rings (SSSR count). The van der Waals surface area contributed by atoms with E-state index in [-0.39, 0.29) is 5.56 Å². The number of unbranched alkanes of at least 4 members (excludes halogenated alkanes) is 1. The molecule has 1 aromatic heterocycles. The molecule has 0 atom stereocenters. The zero-order chi connectivity index (χ0) is 14.4. The first-order valence-corrected chi connectivity index (χ1v) is 7.30. The second kappa shape index (κ2) is 7.24. The van der Waals surface area contributed by atoms with E-state index in [1.807, 2.05) is 0 Å². The van der Waals surface area contributed by atoms with Crippen LogP contribution < -0.4 is 5.32 Å². The van der Waals surface area contributed by atoms with Crippen LogP contribution in [0.3, 0.4) is 0 Å². The van der Waals surface area contributed by atoms with E-state index in [0.29, 0.717) is 19.0 Å². The summed E-state index contributed by atoms with van der Waals surface area (Å²) in [6.45, 7) is 4.02. The topological polar surface area (TPSA) is 71.5 Å². The molecule has 0 spiro atoms. The molecule has 0 aliphatic heterocycles. The molecule has 20 heavy (non-hydrogen) atoms. The summed E-state index contributed by atoms with van der Waals surface area (Å²) in [6, 6.07) is 1.76. The third kappa shape index (κ3) is 3.70. The van der Waals surface area contributed by atoms with E-state index in [0.717, 1.165) is 50.0 Å². The first-order chi connectivity index (χ1) is 9.72. The highest BCUT2D eigenvalue weighted by Gasteiger charge is 2.19. The lowest BCUT2D eigenvalue weighted by Gasteiger charge is -2.11. The number of aromatic nitrogens is 1. The number of ether oxygens (including phenoxy) is 1. The Morgan fingerprint density at radius 1 is 1.45 bits per heavy atom. The Morgan fingerprint density at radius 3 is 3.05 bits per heavy atom. The fraction of sp³-hybridized carbons (Fsp3) is 0.600. The zero-order valence-electron chi connectivity index (χ0n) is 11.9. The van der Waals surface area contributed by atoms with E-state index in [9.17, 15) is 9.90 Å². The van der Waals surface area contributed by atoms with Crippen molar-refractivity contribution in [2.45, 2.75) is 39.0 Å². The molecule has 110 valence electrons. The van der Waals surface area contributed by atoms with Crippen molar-refractivity contribution in [3.05, 3.63) is 22.9 Å². The van der Waals surface area contributed by atoms with Gasteiger partial charge in [0.2, 0.25) is 0 Å². The quantitative estimate of drug-likeness (QED) is 0.715. The molecule has 2 N–H and O–H groups in total. The number of nitrogens with zero attached hydrogens (tertiary/aromatic N) is 1. The maximum absolute atomic E-state index is 11.3. The molecule has 1 aliphatic rings. The minimum absolute atomic E-state index is 0.263. The Kier molecular flexibility index (Phi) is 5.35. The molecule has 0 fully saturated rings. The molecule has 0 unspecified atom stereocenters. The van der Waals surface area contributed by atoms with Gasteiger partial charge < -0.3 is 15.2 Å². The zero-order valence-corrected chi connectivity index (χ0v) is 11.9. The number of nitrogens with one attached hydrogen (secondary N) is 1. The maximum Gasteiger partial charge on any atom is 0.339 e. The van der Waals surface area contributed by atoms with Crippen LogP contribution in [0.4, 0.5) is 5.82 Å². The third-order valence-electron chi connectivity index (χ3n) is 3.46. The lowest BCUT2D eigenvalue weighted by molar-refractivity contribution is 0.0697. The summed E-state index contributed by atoms with van der Waals surface area (Å²) < 4.78 is 5.45. The van der Waals surface area contributed by atoms with Gasteiger partial charge in [-0.3, -0.25) is 0 Å². The van der Waals surface area contributed by atoms with Gasteiger partial charge in [-0.2, -0.15) is 0 Å². The van der Waals surface area contributed by atoms with Gasteiger partial charge in [-0.25, -0.2) is 9.78 Å². The predicted molar refractivity (Wildman–Crippen MR) is 77.4 cm³/mol. The van der Waals surface area contributed by atoms with Gasteiger partial charge in [0.15, 0.2) is 0 Å². The standard InChI is InChI=1S/C15H22N2O3/c1-2-3-8-20-9-7-16-14-12(15(18)19)10-11-5-4-6-13(11)17-14/h10H,2-9H2,1H3,(H,16,17)(H,18,19). The van der Waals surface area contributed by atoms with Crippen LogP contribution in [0.15, 0.2) is 6.07 Å². The number of rotatable bonds is 8. The van der Waals surface area contributed by atoms with Crippen molar-refractivity contribution in [2.75, 3.05) is 25.1 Å². The van der Waals surface area contributed by atoms with E-state index in [1.165, 1.54) is 0 Å². The van der Waals surface area contributed by atoms with Gasteiger partial charge in [-0.05, 0) is 37.3 Å². The monoisotopic (exact) mass is 278 g/mol. The number of anilines is 1. The molecule has 1 heterocycles. The number of fused-ring (bicyclic) bond motifs is 1. The number of hydrogen-bond donors (Lipinski definition) is 2. The lowest BCUT2D eigenvalue weighted by Crippen LogP contribution is -2.15. The van der Waals surface area contributed by atoms with Crippen molar-refractivity contribution in [3.63, 3.8) is 0 Å². The average Bonchev–Trinajstić information content (AvgIpc) is 2.88. The molecular weight excluding hydrogens is 256 g/mol. The van der Waals surface area contributed by atoms with Crippen molar-refractivity contribution in [2.24, 2.45) is 0 Å². The molecule has 0 amide bonds. The molecule has 0 radical (unpaired) electrons. The molecule has 5 nitrogen and oxygen atoms in total. The smallest absolute Gasteiger partial charge is 0.339 e. The second-order valence-corrected chi connectivity index (χ2v) is 5.04. The van der Waals surface area contributed by atoms with Crippen LogP contribution in [0, 0.1) is 0 Å². The summed E-state index contributed by atoms with van der Waals surface area (Å²) in [5.74, 6) is -0.459. The minimum Gasteiger partial charge on any atom is -0.478 e. The van der Waals surface area contributed by atoms with Gasteiger partial charge in [-0.15, -0.1) is 0 Å². The van der Waals surface area contributed by atoms with Crippen molar-refractivity contribution >= 4 is 11.8 Å². The van der Waals surface area contributed by atoms with E-state index in [1.54, 1.807) is 6.07 Å². The summed E-state index contributed by atoms with van der Waals surface area (Å²) in [6.07, 6.45) is 5.10. The van der Waals surface area contributed by atoms with E-state index in [4.69, 9.17) is 4.74 Å². The number of carboxylic acid groups (broad SMARTS) is 1. The number of pyridine rings is 1. The van der Waals surface area contributed by atoms with Gasteiger partial charge in [0.1, 0.15) is 11.4 Å². The molecule has 0 bridgehead atoms. The number of carboxylic acids is 1. The second-order valence-electron chi connectivity index (χ2n) is 5.04. The van der Waals surface area contributed by atoms with Crippen LogP contribution >= 0.6 is 0 Å². The lowest BCUT2D eigenvalue weighted by atomic mass is 10.1. The molecule has 1 aromatic rings. The Hall–Kier alpha value is -1.62. The Labute approximate surface area is 119 Å². The average molecular weight is 278 g/mol. The number of hydrogen-bond acceptors (Lipinski definition) is 4. The van der Waals surface area contributed by atoms with Gasteiger partial charge in [0.25, 0.3) is 0 Å². The first-order valence-electron chi connectivity index (χ1n) is 7.30. The minimum atomic E-state index is -0.929. The van der Waals surface area contributed by atoms with E-state index < -0.39 is 5.97 Å². The van der Waals surface area contributed by atoms with Crippen molar-refractivity contribution in [1.29, 1.82) is 0 Å². The fourth-order valence-electron chi connectivity index (χ4n) is 2.36. The Balaban J connectivity index is 1.94.